The molecule has 2 nitrogen and oxygen atoms in total. The molecular formula is C19H36O2. The molecule has 1 unspecified atom stereocenters. The van der Waals surface area contributed by atoms with Crippen molar-refractivity contribution in [2.75, 3.05) is 6.61 Å². The van der Waals surface area contributed by atoms with E-state index in [0.29, 0.717) is 17.4 Å². The molecule has 2 N–H and O–H groups in total. The fourth-order valence-electron chi connectivity index (χ4n) is 3.44. The Morgan fingerprint density at radius 1 is 0.810 bits per heavy atom. The van der Waals surface area contributed by atoms with E-state index >= 15 is 0 Å². The van der Waals surface area contributed by atoms with Gasteiger partial charge < -0.3 is 10.2 Å². The van der Waals surface area contributed by atoms with Crippen LogP contribution in [0, 0.1) is 10.8 Å². The Kier molecular flexibility index (Phi) is 6.55. The molecule has 0 aromatic heterocycles. The van der Waals surface area contributed by atoms with E-state index in [0.717, 1.165) is 19.3 Å². The first-order valence-corrected chi connectivity index (χ1v) is 9.37. The summed E-state index contributed by atoms with van der Waals surface area (Å²) < 4.78 is 0. The molecule has 2 heteroatoms. The fourth-order valence-corrected chi connectivity index (χ4v) is 3.44. The van der Waals surface area contributed by atoms with Gasteiger partial charge in [-0.05, 0) is 62.2 Å². The Hall–Kier alpha value is -0.0800. The predicted molar refractivity (Wildman–Crippen MR) is 88.3 cm³/mol. The van der Waals surface area contributed by atoms with Gasteiger partial charge in [-0.15, -0.1) is 0 Å². The summed E-state index contributed by atoms with van der Waals surface area (Å²) in [6.07, 6.45) is 17.3. The van der Waals surface area contributed by atoms with Gasteiger partial charge in [0.05, 0.1) is 6.10 Å². The second-order valence-corrected chi connectivity index (χ2v) is 8.32. The van der Waals surface area contributed by atoms with E-state index in [4.69, 9.17) is 0 Å². The van der Waals surface area contributed by atoms with E-state index in [9.17, 15) is 10.2 Å². The molecule has 0 saturated heterocycles. The number of hydrogen-bond acceptors (Lipinski definition) is 2. The predicted octanol–water partition coefficient (Wildman–Crippen LogP) is 4.82. The molecule has 0 spiro atoms. The first-order valence-electron chi connectivity index (χ1n) is 9.37. The quantitative estimate of drug-likeness (QED) is 0.478. The minimum absolute atomic E-state index is 0.0748. The molecule has 2 aliphatic carbocycles. The van der Waals surface area contributed by atoms with Crippen molar-refractivity contribution in [1.29, 1.82) is 0 Å². The van der Waals surface area contributed by atoms with E-state index in [1.54, 1.807) is 0 Å². The largest absolute Gasteiger partial charge is 0.396 e. The Bertz CT molecular complexity index is 292. The van der Waals surface area contributed by atoms with Crippen molar-refractivity contribution in [1.82, 2.24) is 0 Å². The zero-order chi connectivity index (χ0) is 15.2. The summed E-state index contributed by atoms with van der Waals surface area (Å²) >= 11 is 0. The Morgan fingerprint density at radius 3 is 1.86 bits per heavy atom. The van der Waals surface area contributed by atoms with Gasteiger partial charge >= 0.3 is 0 Å². The maximum absolute atomic E-state index is 10.00. The summed E-state index contributed by atoms with van der Waals surface area (Å²) in [6.45, 7) is 2.79. The van der Waals surface area contributed by atoms with Gasteiger partial charge in [-0.3, -0.25) is 0 Å². The summed E-state index contributed by atoms with van der Waals surface area (Å²) in [7, 11) is 0. The lowest BCUT2D eigenvalue weighted by Crippen LogP contribution is -2.07. The van der Waals surface area contributed by atoms with E-state index in [2.05, 4.69) is 6.92 Å². The molecule has 0 heterocycles. The van der Waals surface area contributed by atoms with Crippen LogP contribution in [0.15, 0.2) is 0 Å². The van der Waals surface area contributed by atoms with Crippen LogP contribution in [0.25, 0.3) is 0 Å². The lowest BCUT2D eigenvalue weighted by Gasteiger charge is -2.13. The van der Waals surface area contributed by atoms with Crippen molar-refractivity contribution >= 4 is 0 Å². The van der Waals surface area contributed by atoms with E-state index in [1.165, 1.54) is 70.6 Å². The van der Waals surface area contributed by atoms with Crippen LogP contribution in [-0.4, -0.2) is 22.9 Å². The van der Waals surface area contributed by atoms with Crippen molar-refractivity contribution < 1.29 is 10.2 Å². The monoisotopic (exact) mass is 296 g/mol. The molecule has 0 aliphatic heterocycles. The first-order chi connectivity index (χ1) is 10.1. The third-order valence-electron chi connectivity index (χ3n) is 5.96. The van der Waals surface area contributed by atoms with Gasteiger partial charge in [0.2, 0.25) is 0 Å². The van der Waals surface area contributed by atoms with Crippen LogP contribution in [0.5, 0.6) is 0 Å². The summed E-state index contributed by atoms with van der Waals surface area (Å²) in [6, 6.07) is 0. The molecule has 0 amide bonds. The maximum atomic E-state index is 10.00. The topological polar surface area (TPSA) is 40.5 Å². The number of hydrogen-bond donors (Lipinski definition) is 2. The average Bonchev–Trinajstić information content (AvgIpc) is 3.37. The van der Waals surface area contributed by atoms with Crippen LogP contribution >= 0.6 is 0 Å². The molecule has 0 bridgehead atoms. The third-order valence-corrected chi connectivity index (χ3v) is 5.96. The smallest absolute Gasteiger partial charge is 0.0540 e. The molecule has 2 saturated carbocycles. The van der Waals surface area contributed by atoms with Crippen LogP contribution in [0.3, 0.4) is 0 Å². The molecule has 2 rings (SSSR count). The third kappa shape index (κ3) is 6.69. The Balaban J connectivity index is 1.35. The zero-order valence-corrected chi connectivity index (χ0v) is 14.1. The number of unbranched alkanes of at least 4 members (excludes halogenated alkanes) is 4. The zero-order valence-electron chi connectivity index (χ0n) is 14.1. The molecule has 0 aromatic rings. The molecular weight excluding hydrogens is 260 g/mol. The van der Waals surface area contributed by atoms with Crippen molar-refractivity contribution in [3.05, 3.63) is 0 Å². The lowest BCUT2D eigenvalue weighted by atomic mass is 9.97. The summed E-state index contributed by atoms with van der Waals surface area (Å²) in [5.74, 6) is 0. The highest BCUT2D eigenvalue weighted by Crippen LogP contribution is 2.49. The standard InChI is InChI=1S/C19H36O2/c1-18(12-13-18)10-6-2-4-8-17(21)9-5-3-7-11-19(16-20)14-15-19/h17,20-21H,2-16H2,1H3. The van der Waals surface area contributed by atoms with Crippen molar-refractivity contribution in [3.8, 4) is 0 Å². The van der Waals surface area contributed by atoms with Gasteiger partial charge in [-0.1, -0.05) is 45.4 Å². The summed E-state index contributed by atoms with van der Waals surface area (Å²) in [4.78, 5) is 0. The van der Waals surface area contributed by atoms with Crippen molar-refractivity contribution in [2.24, 2.45) is 10.8 Å². The van der Waals surface area contributed by atoms with E-state index in [1.807, 2.05) is 0 Å². The van der Waals surface area contributed by atoms with Gasteiger partial charge in [0.1, 0.15) is 0 Å². The summed E-state index contributed by atoms with van der Waals surface area (Å²) in [5, 5.41) is 19.3. The Labute approximate surface area is 131 Å². The molecule has 2 aliphatic rings. The van der Waals surface area contributed by atoms with Gasteiger partial charge in [-0.2, -0.15) is 0 Å². The molecule has 0 radical (unpaired) electrons. The van der Waals surface area contributed by atoms with E-state index < -0.39 is 0 Å². The van der Waals surface area contributed by atoms with Gasteiger partial charge in [-0.25, -0.2) is 0 Å². The number of aliphatic hydroxyl groups excluding tert-OH is 2. The van der Waals surface area contributed by atoms with Crippen LogP contribution in [-0.2, 0) is 0 Å². The molecule has 0 aromatic carbocycles. The minimum Gasteiger partial charge on any atom is -0.396 e. The van der Waals surface area contributed by atoms with Crippen LogP contribution < -0.4 is 0 Å². The normalized spacial score (nSPS) is 23.0. The van der Waals surface area contributed by atoms with Gasteiger partial charge in [0, 0.05) is 6.61 Å². The second kappa shape index (κ2) is 7.97. The Morgan fingerprint density at radius 2 is 1.38 bits per heavy atom. The number of aliphatic hydroxyl groups is 2. The minimum atomic E-state index is -0.0748. The van der Waals surface area contributed by atoms with Gasteiger partial charge in [0.25, 0.3) is 0 Å². The van der Waals surface area contributed by atoms with E-state index in [-0.39, 0.29) is 6.10 Å². The number of rotatable bonds is 13. The lowest BCUT2D eigenvalue weighted by molar-refractivity contribution is 0.146. The van der Waals surface area contributed by atoms with Crippen LogP contribution in [0.4, 0.5) is 0 Å². The highest BCUT2D eigenvalue weighted by Gasteiger charge is 2.40. The second-order valence-electron chi connectivity index (χ2n) is 8.32. The van der Waals surface area contributed by atoms with Gasteiger partial charge in [0.15, 0.2) is 0 Å². The molecule has 124 valence electrons. The first kappa shape index (κ1) is 17.3. The fraction of sp³-hybridized carbons (Fsp3) is 1.00. The SMILES string of the molecule is CC1(CCCCCC(O)CCCCCC2(CO)CC2)CC1. The molecule has 1 atom stereocenters. The summed E-state index contributed by atoms with van der Waals surface area (Å²) in [5.41, 5.74) is 1.02. The highest BCUT2D eigenvalue weighted by molar-refractivity contribution is 4.92. The van der Waals surface area contributed by atoms with Crippen molar-refractivity contribution in [2.45, 2.75) is 103 Å². The van der Waals surface area contributed by atoms with Crippen molar-refractivity contribution in [3.63, 3.8) is 0 Å². The van der Waals surface area contributed by atoms with Crippen LogP contribution in [0.2, 0.25) is 0 Å². The highest BCUT2D eigenvalue weighted by atomic mass is 16.3. The maximum Gasteiger partial charge on any atom is 0.0540 e. The average molecular weight is 296 g/mol. The molecule has 21 heavy (non-hydrogen) atoms. The molecule has 2 fully saturated rings. The van der Waals surface area contributed by atoms with Crippen LogP contribution in [0.1, 0.15) is 96.8 Å².